The Morgan fingerprint density at radius 1 is 1.00 bits per heavy atom. The molecule has 0 fully saturated rings. The van der Waals surface area contributed by atoms with E-state index in [1.807, 2.05) is 0 Å². The zero-order valence-electron chi connectivity index (χ0n) is 15.1. The minimum atomic E-state index is -0.359. The SMILES string of the molecule is Cc1cc(=O)[nH]cc1C(=O)Nc1ccc(C(=O)NCc2ccc(F)cc2)cc1. The van der Waals surface area contributed by atoms with E-state index in [4.69, 9.17) is 0 Å². The van der Waals surface area contributed by atoms with Crippen LogP contribution in [0.15, 0.2) is 65.6 Å². The fraction of sp³-hybridized carbons (Fsp3) is 0.0952. The monoisotopic (exact) mass is 379 g/mol. The third kappa shape index (κ3) is 4.70. The van der Waals surface area contributed by atoms with E-state index in [0.717, 1.165) is 5.56 Å². The normalized spacial score (nSPS) is 10.4. The number of pyridine rings is 1. The number of aryl methyl sites for hydroxylation is 1. The van der Waals surface area contributed by atoms with Gasteiger partial charge in [-0.05, 0) is 54.4 Å². The van der Waals surface area contributed by atoms with Crippen molar-refractivity contribution in [2.24, 2.45) is 0 Å². The van der Waals surface area contributed by atoms with Gasteiger partial charge in [0.15, 0.2) is 0 Å². The highest BCUT2D eigenvalue weighted by atomic mass is 19.1. The molecule has 1 aromatic heterocycles. The van der Waals surface area contributed by atoms with Crippen LogP contribution in [0.25, 0.3) is 0 Å². The number of hydrogen-bond acceptors (Lipinski definition) is 3. The summed E-state index contributed by atoms with van der Waals surface area (Å²) >= 11 is 0. The number of benzene rings is 2. The molecule has 2 aromatic carbocycles. The van der Waals surface area contributed by atoms with Crippen molar-refractivity contribution in [2.75, 3.05) is 5.32 Å². The Labute approximate surface area is 160 Å². The minimum Gasteiger partial charge on any atom is -0.348 e. The van der Waals surface area contributed by atoms with Crippen LogP contribution in [0.2, 0.25) is 0 Å². The number of aromatic nitrogens is 1. The van der Waals surface area contributed by atoms with E-state index in [9.17, 15) is 18.8 Å². The number of aromatic amines is 1. The Hall–Kier alpha value is -3.74. The molecule has 3 N–H and O–H groups in total. The largest absolute Gasteiger partial charge is 0.348 e. The summed E-state index contributed by atoms with van der Waals surface area (Å²) in [6, 6.07) is 13.7. The Morgan fingerprint density at radius 2 is 1.68 bits per heavy atom. The number of hydrogen-bond donors (Lipinski definition) is 3. The van der Waals surface area contributed by atoms with E-state index in [2.05, 4.69) is 15.6 Å². The predicted octanol–water partition coefficient (Wildman–Crippen LogP) is 3.00. The first-order chi connectivity index (χ1) is 13.4. The number of carbonyl (C=O) groups is 2. The van der Waals surface area contributed by atoms with Gasteiger partial charge in [-0.1, -0.05) is 12.1 Å². The molecule has 0 aliphatic carbocycles. The average Bonchev–Trinajstić information content (AvgIpc) is 2.67. The van der Waals surface area contributed by atoms with Crippen LogP contribution in [0.3, 0.4) is 0 Å². The second kappa shape index (κ2) is 8.30. The summed E-state index contributed by atoms with van der Waals surface area (Å²) in [5, 5.41) is 5.47. The number of halogens is 1. The molecule has 0 spiro atoms. The Morgan fingerprint density at radius 3 is 2.32 bits per heavy atom. The summed E-state index contributed by atoms with van der Waals surface area (Å²) in [7, 11) is 0. The maximum Gasteiger partial charge on any atom is 0.257 e. The second-order valence-electron chi connectivity index (χ2n) is 6.23. The van der Waals surface area contributed by atoms with Crippen LogP contribution in [0.4, 0.5) is 10.1 Å². The molecule has 0 saturated heterocycles. The molecule has 2 amide bonds. The van der Waals surface area contributed by atoms with Gasteiger partial charge in [-0.2, -0.15) is 0 Å². The summed E-state index contributed by atoms with van der Waals surface area (Å²) in [5.41, 5.74) is 2.39. The van der Waals surface area contributed by atoms with Gasteiger partial charge in [0.2, 0.25) is 5.56 Å². The molecular weight excluding hydrogens is 361 g/mol. The standard InChI is InChI=1S/C21H18FN3O3/c1-13-10-19(26)23-12-18(13)21(28)25-17-8-4-15(5-9-17)20(27)24-11-14-2-6-16(22)7-3-14/h2-10,12H,11H2,1H3,(H,23,26)(H,24,27)(H,25,28). The first-order valence-electron chi connectivity index (χ1n) is 8.56. The first-order valence-corrected chi connectivity index (χ1v) is 8.56. The molecule has 0 saturated carbocycles. The second-order valence-corrected chi connectivity index (χ2v) is 6.23. The summed E-state index contributed by atoms with van der Waals surface area (Å²) in [6.07, 6.45) is 1.37. The van der Waals surface area contributed by atoms with E-state index in [0.29, 0.717) is 22.4 Å². The van der Waals surface area contributed by atoms with Crippen LogP contribution in [0, 0.1) is 12.7 Å². The van der Waals surface area contributed by atoms with Gasteiger partial charge in [0.05, 0.1) is 5.56 Å². The molecule has 0 radical (unpaired) electrons. The molecule has 0 atom stereocenters. The number of carbonyl (C=O) groups excluding carboxylic acids is 2. The molecule has 7 heteroatoms. The van der Waals surface area contributed by atoms with E-state index in [-0.39, 0.29) is 29.7 Å². The molecule has 6 nitrogen and oxygen atoms in total. The van der Waals surface area contributed by atoms with Gasteiger partial charge in [0.1, 0.15) is 5.82 Å². The van der Waals surface area contributed by atoms with Crippen molar-refractivity contribution in [1.29, 1.82) is 0 Å². The number of rotatable bonds is 5. The molecule has 28 heavy (non-hydrogen) atoms. The highest BCUT2D eigenvalue weighted by molar-refractivity contribution is 6.05. The van der Waals surface area contributed by atoms with E-state index in [1.165, 1.54) is 24.4 Å². The van der Waals surface area contributed by atoms with Gasteiger partial charge < -0.3 is 15.6 Å². The van der Waals surface area contributed by atoms with Crippen molar-refractivity contribution in [2.45, 2.75) is 13.5 Å². The van der Waals surface area contributed by atoms with E-state index in [1.54, 1.807) is 43.3 Å². The lowest BCUT2D eigenvalue weighted by molar-refractivity contribution is 0.0950. The van der Waals surface area contributed by atoms with Crippen LogP contribution < -0.4 is 16.2 Å². The number of anilines is 1. The topological polar surface area (TPSA) is 91.1 Å². The van der Waals surface area contributed by atoms with Gasteiger partial charge in [0, 0.05) is 30.1 Å². The van der Waals surface area contributed by atoms with Crippen molar-refractivity contribution in [3.05, 3.63) is 99.2 Å². The van der Waals surface area contributed by atoms with Crippen molar-refractivity contribution < 1.29 is 14.0 Å². The van der Waals surface area contributed by atoms with Crippen molar-refractivity contribution in [3.8, 4) is 0 Å². The molecule has 0 aliphatic heterocycles. The van der Waals surface area contributed by atoms with Crippen LogP contribution in [-0.2, 0) is 6.54 Å². The Kier molecular flexibility index (Phi) is 5.64. The molecule has 1 heterocycles. The summed E-state index contributed by atoms with van der Waals surface area (Å²) in [5.74, 6) is -0.967. The Balaban J connectivity index is 1.60. The highest BCUT2D eigenvalue weighted by Crippen LogP contribution is 2.13. The first kappa shape index (κ1) is 19.0. The van der Waals surface area contributed by atoms with Crippen molar-refractivity contribution in [3.63, 3.8) is 0 Å². The highest BCUT2D eigenvalue weighted by Gasteiger charge is 2.11. The maximum atomic E-state index is 12.9. The lowest BCUT2D eigenvalue weighted by Gasteiger charge is -2.09. The summed E-state index contributed by atoms with van der Waals surface area (Å²) in [4.78, 5) is 38.2. The average molecular weight is 379 g/mol. The molecule has 0 bridgehead atoms. The quantitative estimate of drug-likeness (QED) is 0.636. The van der Waals surface area contributed by atoms with E-state index >= 15 is 0 Å². The molecule has 0 unspecified atom stereocenters. The van der Waals surface area contributed by atoms with Crippen LogP contribution in [0.1, 0.15) is 31.8 Å². The number of H-pyrrole nitrogens is 1. The minimum absolute atomic E-state index is 0.273. The molecule has 142 valence electrons. The van der Waals surface area contributed by atoms with Crippen LogP contribution >= 0.6 is 0 Å². The third-order valence-electron chi connectivity index (χ3n) is 4.15. The molecule has 3 rings (SSSR count). The van der Waals surface area contributed by atoms with Crippen molar-refractivity contribution in [1.82, 2.24) is 10.3 Å². The lowest BCUT2D eigenvalue weighted by Crippen LogP contribution is -2.22. The maximum absolute atomic E-state index is 12.9. The third-order valence-corrected chi connectivity index (χ3v) is 4.15. The van der Waals surface area contributed by atoms with Gasteiger partial charge >= 0.3 is 0 Å². The van der Waals surface area contributed by atoms with Crippen LogP contribution in [0.5, 0.6) is 0 Å². The molecular formula is C21H18FN3O3. The predicted molar refractivity (Wildman–Crippen MR) is 104 cm³/mol. The fourth-order valence-electron chi connectivity index (χ4n) is 2.61. The van der Waals surface area contributed by atoms with E-state index < -0.39 is 0 Å². The summed E-state index contributed by atoms with van der Waals surface area (Å²) in [6.45, 7) is 1.96. The number of amides is 2. The van der Waals surface area contributed by atoms with Crippen molar-refractivity contribution >= 4 is 17.5 Å². The lowest BCUT2D eigenvalue weighted by atomic mass is 10.1. The fourth-order valence-corrected chi connectivity index (χ4v) is 2.61. The Bertz CT molecular complexity index is 1060. The van der Waals surface area contributed by atoms with Gasteiger partial charge in [-0.15, -0.1) is 0 Å². The summed E-state index contributed by atoms with van der Waals surface area (Å²) < 4.78 is 12.9. The zero-order valence-corrected chi connectivity index (χ0v) is 15.1. The van der Waals surface area contributed by atoms with Gasteiger partial charge in [-0.25, -0.2) is 4.39 Å². The van der Waals surface area contributed by atoms with Gasteiger partial charge in [-0.3, -0.25) is 14.4 Å². The molecule has 3 aromatic rings. The number of nitrogens with one attached hydrogen (secondary N) is 3. The van der Waals surface area contributed by atoms with Gasteiger partial charge in [0.25, 0.3) is 11.8 Å². The zero-order chi connectivity index (χ0) is 20.1. The molecule has 0 aliphatic rings. The van der Waals surface area contributed by atoms with Crippen LogP contribution in [-0.4, -0.2) is 16.8 Å². The smallest absolute Gasteiger partial charge is 0.257 e.